The van der Waals surface area contributed by atoms with Crippen molar-refractivity contribution in [2.75, 3.05) is 14.2 Å². The van der Waals surface area contributed by atoms with Crippen LogP contribution in [-0.2, 0) is 28.2 Å². The Hall–Kier alpha value is -3.87. The predicted molar refractivity (Wildman–Crippen MR) is 137 cm³/mol. The van der Waals surface area contributed by atoms with Crippen molar-refractivity contribution in [3.05, 3.63) is 65.7 Å². The van der Waals surface area contributed by atoms with E-state index < -0.39 is 5.79 Å². The third kappa shape index (κ3) is 5.35. The molecule has 0 bridgehead atoms. The van der Waals surface area contributed by atoms with E-state index in [1.54, 1.807) is 14.2 Å². The highest BCUT2D eigenvalue weighted by molar-refractivity contribution is 5.80. The van der Waals surface area contributed by atoms with Crippen LogP contribution in [0.4, 0.5) is 0 Å². The van der Waals surface area contributed by atoms with Crippen molar-refractivity contribution in [2.24, 2.45) is 0 Å². The zero-order chi connectivity index (χ0) is 25.4. The number of aromatic nitrogens is 7. The number of hydrogen-bond acceptors (Lipinski definition) is 7. The minimum Gasteiger partial charge on any atom is -0.347 e. The van der Waals surface area contributed by atoms with Crippen molar-refractivity contribution >= 4 is 0 Å². The lowest BCUT2D eigenvalue weighted by Crippen LogP contribution is -2.32. The summed E-state index contributed by atoms with van der Waals surface area (Å²) in [5.41, 5.74) is 4.11. The number of methoxy groups -OCH3 is 2. The molecule has 0 fully saturated rings. The Morgan fingerprint density at radius 1 is 1.06 bits per heavy atom. The van der Waals surface area contributed by atoms with Gasteiger partial charge in [0.05, 0.1) is 6.54 Å². The van der Waals surface area contributed by atoms with Crippen LogP contribution in [0.25, 0.3) is 22.5 Å². The summed E-state index contributed by atoms with van der Waals surface area (Å²) in [4.78, 5) is 4.86. The Morgan fingerprint density at radius 2 is 1.81 bits per heavy atom. The minimum absolute atomic E-state index is 0.527. The van der Waals surface area contributed by atoms with Gasteiger partial charge in [0.15, 0.2) is 0 Å². The van der Waals surface area contributed by atoms with Crippen LogP contribution in [0.1, 0.15) is 49.8 Å². The van der Waals surface area contributed by atoms with Gasteiger partial charge >= 0.3 is 0 Å². The van der Waals surface area contributed by atoms with Crippen LogP contribution in [0.5, 0.6) is 0 Å². The molecule has 2 heterocycles. The molecule has 36 heavy (non-hydrogen) atoms. The molecular weight excluding hydrogens is 454 g/mol. The standard InChI is InChI=1S/C27H31N7O2/c1-5-7-17-27(35-3,36-4)26-28-24(34(31-26)18-8-6-2)19-20-13-15-21(16-14-20)22-11-9-10-12-23(22)25-29-32-33-30-25/h2,9-16H,5,7-8,17-19H2,1,3-4H3,(H,29,30,32,33). The fraction of sp³-hybridized carbons (Fsp3) is 0.370. The first-order chi connectivity index (χ1) is 17.6. The van der Waals surface area contributed by atoms with Crippen molar-refractivity contribution in [1.82, 2.24) is 35.4 Å². The molecule has 4 rings (SSSR count). The number of tetrazole rings is 1. The van der Waals surface area contributed by atoms with Gasteiger partial charge in [0.25, 0.3) is 0 Å². The average Bonchev–Trinajstić information content (AvgIpc) is 3.60. The molecule has 0 saturated carbocycles. The number of H-pyrrole nitrogens is 1. The number of nitrogens with one attached hydrogen (secondary N) is 1. The molecule has 0 saturated heterocycles. The van der Waals surface area contributed by atoms with E-state index in [-0.39, 0.29) is 0 Å². The zero-order valence-electron chi connectivity index (χ0n) is 20.9. The molecular formula is C27H31N7O2. The second-order valence-electron chi connectivity index (χ2n) is 8.45. The van der Waals surface area contributed by atoms with Crippen LogP contribution < -0.4 is 0 Å². The highest BCUT2D eigenvalue weighted by Gasteiger charge is 2.37. The lowest BCUT2D eigenvalue weighted by Gasteiger charge is -2.27. The van der Waals surface area contributed by atoms with Crippen LogP contribution >= 0.6 is 0 Å². The summed E-state index contributed by atoms with van der Waals surface area (Å²) in [5, 5.41) is 19.2. The number of rotatable bonds is 12. The fourth-order valence-electron chi connectivity index (χ4n) is 4.20. The van der Waals surface area contributed by atoms with Gasteiger partial charge in [0, 0.05) is 39.0 Å². The average molecular weight is 486 g/mol. The molecule has 2 aromatic carbocycles. The Bertz CT molecular complexity index is 1290. The third-order valence-corrected chi connectivity index (χ3v) is 6.22. The Balaban J connectivity index is 1.62. The minimum atomic E-state index is -0.977. The molecule has 186 valence electrons. The van der Waals surface area contributed by atoms with Gasteiger partial charge in [-0.25, -0.2) is 9.67 Å². The summed E-state index contributed by atoms with van der Waals surface area (Å²) in [6.45, 7) is 2.71. The quantitative estimate of drug-likeness (QED) is 0.235. The van der Waals surface area contributed by atoms with E-state index >= 15 is 0 Å². The molecule has 2 aromatic heterocycles. The molecule has 0 aliphatic carbocycles. The number of unbranched alkanes of at least 4 members (excludes halogenated alkanes) is 1. The summed E-state index contributed by atoms with van der Waals surface area (Å²) in [7, 11) is 3.26. The SMILES string of the molecule is C#CCCn1nc(C(CCCC)(OC)OC)nc1Cc1ccc(-c2ccccc2-c2nn[nH]n2)cc1. The molecule has 0 unspecified atom stereocenters. The van der Waals surface area contributed by atoms with Crippen LogP contribution in [0.15, 0.2) is 48.5 Å². The number of aromatic amines is 1. The summed E-state index contributed by atoms with van der Waals surface area (Å²) < 4.78 is 13.4. The van der Waals surface area contributed by atoms with E-state index in [2.05, 4.69) is 63.8 Å². The fourth-order valence-corrected chi connectivity index (χ4v) is 4.20. The second kappa shape index (κ2) is 11.7. The molecule has 4 aromatic rings. The topological polar surface area (TPSA) is 104 Å². The van der Waals surface area contributed by atoms with Gasteiger partial charge in [-0.15, -0.1) is 22.5 Å². The van der Waals surface area contributed by atoms with E-state index in [4.69, 9.17) is 26.0 Å². The second-order valence-corrected chi connectivity index (χ2v) is 8.45. The molecule has 9 heteroatoms. The van der Waals surface area contributed by atoms with Gasteiger partial charge in [0.1, 0.15) is 5.82 Å². The molecule has 0 atom stereocenters. The van der Waals surface area contributed by atoms with Gasteiger partial charge in [-0.3, -0.25) is 0 Å². The summed E-state index contributed by atoms with van der Waals surface area (Å²) in [6.07, 6.45) is 9.31. The number of aryl methyl sites for hydroxylation is 1. The summed E-state index contributed by atoms with van der Waals surface area (Å²) in [5.74, 6) is 3.62. The van der Waals surface area contributed by atoms with Crippen molar-refractivity contribution in [1.29, 1.82) is 0 Å². The summed E-state index contributed by atoms with van der Waals surface area (Å²) >= 11 is 0. The maximum Gasteiger partial charge on any atom is 0.231 e. The van der Waals surface area contributed by atoms with E-state index in [0.29, 0.717) is 37.5 Å². The van der Waals surface area contributed by atoms with Crippen LogP contribution in [0.2, 0.25) is 0 Å². The Kier molecular flexibility index (Phi) is 8.21. The monoisotopic (exact) mass is 485 g/mol. The summed E-state index contributed by atoms with van der Waals surface area (Å²) in [6, 6.07) is 16.4. The largest absolute Gasteiger partial charge is 0.347 e. The number of ether oxygens (including phenoxy) is 2. The molecule has 0 spiro atoms. The normalized spacial score (nSPS) is 11.5. The first-order valence-electron chi connectivity index (χ1n) is 12.0. The van der Waals surface area contributed by atoms with Gasteiger partial charge in [-0.2, -0.15) is 10.3 Å². The molecule has 9 nitrogen and oxygen atoms in total. The molecule has 0 aliphatic heterocycles. The highest BCUT2D eigenvalue weighted by Crippen LogP contribution is 2.31. The smallest absolute Gasteiger partial charge is 0.231 e. The van der Waals surface area contributed by atoms with Gasteiger partial charge in [0.2, 0.25) is 17.4 Å². The van der Waals surface area contributed by atoms with Gasteiger partial charge in [-0.1, -0.05) is 61.9 Å². The van der Waals surface area contributed by atoms with Gasteiger partial charge < -0.3 is 9.47 Å². The van der Waals surface area contributed by atoms with Crippen LogP contribution in [0, 0.1) is 12.3 Å². The van der Waals surface area contributed by atoms with Crippen LogP contribution in [-0.4, -0.2) is 49.6 Å². The molecule has 0 aliphatic rings. The first kappa shape index (κ1) is 25.2. The number of hydrogen-bond donors (Lipinski definition) is 1. The number of terminal acetylenes is 1. The molecule has 1 N–H and O–H groups in total. The number of nitrogens with zero attached hydrogens (tertiary/aromatic N) is 6. The lowest BCUT2D eigenvalue weighted by atomic mass is 9.98. The molecule has 0 amide bonds. The maximum atomic E-state index is 5.79. The predicted octanol–water partition coefficient (Wildman–Crippen LogP) is 4.38. The van der Waals surface area contributed by atoms with E-state index in [9.17, 15) is 0 Å². The van der Waals surface area contributed by atoms with E-state index in [1.165, 1.54) is 0 Å². The van der Waals surface area contributed by atoms with Crippen molar-refractivity contribution in [3.8, 4) is 34.9 Å². The van der Waals surface area contributed by atoms with Gasteiger partial charge in [-0.05, 0) is 28.3 Å². The van der Waals surface area contributed by atoms with E-state index in [1.807, 2.05) is 22.9 Å². The maximum absolute atomic E-state index is 5.79. The molecule has 0 radical (unpaired) electrons. The zero-order valence-corrected chi connectivity index (χ0v) is 20.9. The van der Waals surface area contributed by atoms with Crippen molar-refractivity contribution < 1.29 is 9.47 Å². The van der Waals surface area contributed by atoms with Crippen molar-refractivity contribution in [3.63, 3.8) is 0 Å². The Morgan fingerprint density at radius 3 is 2.44 bits per heavy atom. The third-order valence-electron chi connectivity index (χ3n) is 6.22. The van der Waals surface area contributed by atoms with E-state index in [0.717, 1.165) is 40.9 Å². The van der Waals surface area contributed by atoms with Crippen LogP contribution in [0.3, 0.4) is 0 Å². The lowest BCUT2D eigenvalue weighted by molar-refractivity contribution is -0.226. The van der Waals surface area contributed by atoms with Crippen molar-refractivity contribution in [2.45, 2.75) is 51.4 Å². The highest BCUT2D eigenvalue weighted by atomic mass is 16.7. The first-order valence-corrected chi connectivity index (χ1v) is 12.0. The number of benzene rings is 2. The Labute approximate surface area is 211 Å².